The number of benzene rings is 3. The normalized spacial score (nSPS) is 16.9. The number of aliphatic hydroxyl groups is 2. The van der Waals surface area contributed by atoms with Gasteiger partial charge in [-0.25, -0.2) is 0 Å². The van der Waals surface area contributed by atoms with E-state index in [1.54, 1.807) is 12.1 Å². The molecule has 35 heavy (non-hydrogen) atoms. The Hall–Kier alpha value is -3.39. The van der Waals surface area contributed by atoms with Gasteiger partial charge in [0.05, 0.1) is 41.6 Å². The first-order valence-corrected chi connectivity index (χ1v) is 12.0. The molecule has 0 amide bonds. The van der Waals surface area contributed by atoms with Gasteiger partial charge in [-0.2, -0.15) is 10.5 Å². The maximum absolute atomic E-state index is 10.3. The Labute approximate surface area is 210 Å². The zero-order valence-corrected chi connectivity index (χ0v) is 20.1. The van der Waals surface area contributed by atoms with E-state index in [1.807, 2.05) is 54.6 Å². The summed E-state index contributed by atoms with van der Waals surface area (Å²) in [5, 5.41) is 39.3. The van der Waals surface area contributed by atoms with E-state index in [0.717, 1.165) is 22.4 Å². The fourth-order valence-electron chi connectivity index (χ4n) is 4.77. The van der Waals surface area contributed by atoms with Crippen molar-refractivity contribution in [3.63, 3.8) is 0 Å². The van der Waals surface area contributed by atoms with Crippen molar-refractivity contribution in [2.75, 3.05) is 37.7 Å². The standard InChI is InChI=1S/C28H27ClN4O2/c29-25-8-6-22(7-9-25)27-18-32(28(19-35)23-4-1-21(16-30)2-5-23)12-13-33(27)26-10-3-20(11-14-34)15-24(26)17-31/h1-10,15,27-28,34-35H,11-14,18-19H2/t27-,28-/m0/s1. The Kier molecular flexibility index (Phi) is 8.02. The second kappa shape index (κ2) is 11.4. The third kappa shape index (κ3) is 5.48. The molecule has 1 aliphatic rings. The van der Waals surface area contributed by atoms with E-state index < -0.39 is 0 Å². The lowest BCUT2D eigenvalue weighted by atomic mass is 9.96. The van der Waals surface area contributed by atoms with Crippen LogP contribution in [0.1, 0.15) is 39.9 Å². The van der Waals surface area contributed by atoms with E-state index in [9.17, 15) is 15.5 Å². The van der Waals surface area contributed by atoms with E-state index in [0.29, 0.717) is 42.2 Å². The van der Waals surface area contributed by atoms with Gasteiger partial charge < -0.3 is 15.1 Å². The number of nitrogens with zero attached hydrogens (tertiary/aromatic N) is 4. The molecule has 178 valence electrons. The topological polar surface area (TPSA) is 94.5 Å². The molecule has 1 fully saturated rings. The summed E-state index contributed by atoms with van der Waals surface area (Å²) in [6.45, 7) is 1.98. The third-order valence-corrected chi connectivity index (χ3v) is 6.85. The van der Waals surface area contributed by atoms with Crippen molar-refractivity contribution in [2.45, 2.75) is 18.5 Å². The number of halogens is 1. The van der Waals surface area contributed by atoms with E-state index in [-0.39, 0.29) is 25.3 Å². The molecule has 0 spiro atoms. The Balaban J connectivity index is 1.69. The van der Waals surface area contributed by atoms with Gasteiger partial charge in [0.15, 0.2) is 0 Å². The molecule has 3 aromatic rings. The summed E-state index contributed by atoms with van der Waals surface area (Å²) >= 11 is 6.16. The van der Waals surface area contributed by atoms with Gasteiger partial charge in [-0.3, -0.25) is 4.90 Å². The van der Waals surface area contributed by atoms with Gasteiger partial charge in [0.25, 0.3) is 0 Å². The lowest BCUT2D eigenvalue weighted by Gasteiger charge is -2.46. The molecule has 2 atom stereocenters. The Morgan fingerprint density at radius 2 is 1.69 bits per heavy atom. The molecule has 4 rings (SSSR count). The molecule has 2 N–H and O–H groups in total. The molecule has 1 aliphatic heterocycles. The largest absolute Gasteiger partial charge is 0.396 e. The van der Waals surface area contributed by atoms with Crippen LogP contribution in [0.15, 0.2) is 66.7 Å². The molecule has 1 heterocycles. The number of aliphatic hydroxyl groups excluding tert-OH is 2. The van der Waals surface area contributed by atoms with Crippen LogP contribution in [0.3, 0.4) is 0 Å². The highest BCUT2D eigenvalue weighted by atomic mass is 35.5. The number of rotatable bonds is 7. The highest BCUT2D eigenvalue weighted by Gasteiger charge is 2.33. The van der Waals surface area contributed by atoms with Crippen LogP contribution in [-0.4, -0.2) is 48.0 Å². The molecular formula is C28H27ClN4O2. The molecule has 0 unspecified atom stereocenters. The van der Waals surface area contributed by atoms with Crippen molar-refractivity contribution in [3.8, 4) is 12.1 Å². The zero-order valence-electron chi connectivity index (χ0n) is 19.3. The maximum atomic E-state index is 10.3. The Morgan fingerprint density at radius 1 is 0.943 bits per heavy atom. The summed E-state index contributed by atoms with van der Waals surface area (Å²) in [6, 6.07) is 25.1. The summed E-state index contributed by atoms with van der Waals surface area (Å²) in [5.41, 5.74) is 4.97. The van der Waals surface area contributed by atoms with Crippen LogP contribution in [0, 0.1) is 22.7 Å². The minimum absolute atomic E-state index is 0.0359. The number of nitriles is 2. The molecule has 0 aliphatic carbocycles. The first-order chi connectivity index (χ1) is 17.1. The van der Waals surface area contributed by atoms with Gasteiger partial charge in [-0.05, 0) is 59.5 Å². The van der Waals surface area contributed by atoms with Crippen molar-refractivity contribution in [2.24, 2.45) is 0 Å². The monoisotopic (exact) mass is 486 g/mol. The highest BCUT2D eigenvalue weighted by molar-refractivity contribution is 6.30. The van der Waals surface area contributed by atoms with Crippen LogP contribution in [0.25, 0.3) is 0 Å². The van der Waals surface area contributed by atoms with Crippen LogP contribution in [0.2, 0.25) is 5.02 Å². The van der Waals surface area contributed by atoms with Gasteiger partial charge in [0.2, 0.25) is 0 Å². The van der Waals surface area contributed by atoms with Crippen LogP contribution in [0.5, 0.6) is 0 Å². The van der Waals surface area contributed by atoms with Crippen molar-refractivity contribution in [3.05, 3.63) is 99.6 Å². The fourth-order valence-corrected chi connectivity index (χ4v) is 4.89. The van der Waals surface area contributed by atoms with Gasteiger partial charge in [0.1, 0.15) is 6.07 Å². The Morgan fingerprint density at radius 3 is 2.31 bits per heavy atom. The van der Waals surface area contributed by atoms with Gasteiger partial charge in [-0.1, -0.05) is 41.9 Å². The van der Waals surface area contributed by atoms with E-state index >= 15 is 0 Å². The van der Waals surface area contributed by atoms with Crippen molar-refractivity contribution >= 4 is 17.3 Å². The Bertz CT molecular complexity index is 1230. The van der Waals surface area contributed by atoms with E-state index in [4.69, 9.17) is 16.9 Å². The van der Waals surface area contributed by atoms with Gasteiger partial charge >= 0.3 is 0 Å². The van der Waals surface area contributed by atoms with Crippen LogP contribution < -0.4 is 4.90 Å². The number of hydrogen-bond donors (Lipinski definition) is 2. The zero-order chi connectivity index (χ0) is 24.8. The molecular weight excluding hydrogens is 460 g/mol. The maximum Gasteiger partial charge on any atom is 0.101 e. The number of piperazine rings is 1. The molecule has 0 radical (unpaired) electrons. The van der Waals surface area contributed by atoms with Gasteiger partial charge in [0, 0.05) is 31.3 Å². The first kappa shape index (κ1) is 24.7. The molecule has 0 saturated carbocycles. The SMILES string of the molecule is N#Cc1ccc([C@H](CO)N2CCN(c3ccc(CCO)cc3C#N)[C@H](c3ccc(Cl)cc3)C2)cc1. The number of hydrogen-bond acceptors (Lipinski definition) is 6. The molecule has 0 aromatic heterocycles. The van der Waals surface area contributed by atoms with Crippen molar-refractivity contribution in [1.82, 2.24) is 4.90 Å². The minimum atomic E-state index is -0.206. The average Bonchev–Trinajstić information content (AvgIpc) is 2.90. The summed E-state index contributed by atoms with van der Waals surface area (Å²) in [7, 11) is 0. The predicted molar refractivity (Wildman–Crippen MR) is 136 cm³/mol. The van der Waals surface area contributed by atoms with Gasteiger partial charge in [-0.15, -0.1) is 0 Å². The van der Waals surface area contributed by atoms with Crippen molar-refractivity contribution < 1.29 is 10.2 Å². The second-order valence-corrected chi connectivity index (χ2v) is 9.06. The first-order valence-electron chi connectivity index (χ1n) is 11.6. The molecule has 7 heteroatoms. The quantitative estimate of drug-likeness (QED) is 0.519. The van der Waals surface area contributed by atoms with Crippen LogP contribution >= 0.6 is 11.6 Å². The molecule has 1 saturated heterocycles. The average molecular weight is 487 g/mol. The van der Waals surface area contributed by atoms with Crippen LogP contribution in [0.4, 0.5) is 5.69 Å². The summed E-state index contributed by atoms with van der Waals surface area (Å²) in [4.78, 5) is 4.50. The van der Waals surface area contributed by atoms with E-state index in [1.165, 1.54) is 0 Å². The van der Waals surface area contributed by atoms with Crippen LogP contribution in [-0.2, 0) is 6.42 Å². The summed E-state index contributed by atoms with van der Waals surface area (Å²) in [6.07, 6.45) is 0.506. The second-order valence-electron chi connectivity index (χ2n) is 8.62. The minimum Gasteiger partial charge on any atom is -0.396 e. The third-order valence-electron chi connectivity index (χ3n) is 6.60. The highest BCUT2D eigenvalue weighted by Crippen LogP contribution is 2.36. The fraction of sp³-hybridized carbons (Fsp3) is 0.286. The molecule has 0 bridgehead atoms. The molecule has 3 aromatic carbocycles. The summed E-state index contributed by atoms with van der Waals surface area (Å²) < 4.78 is 0. The number of anilines is 1. The predicted octanol–water partition coefficient (Wildman–Crippen LogP) is 4.22. The lowest BCUT2D eigenvalue weighted by molar-refractivity contribution is 0.103. The smallest absolute Gasteiger partial charge is 0.101 e. The lowest BCUT2D eigenvalue weighted by Crippen LogP contribution is -2.50. The van der Waals surface area contributed by atoms with Crippen molar-refractivity contribution in [1.29, 1.82) is 10.5 Å². The van der Waals surface area contributed by atoms with E-state index in [2.05, 4.69) is 21.9 Å². The molecule has 6 nitrogen and oxygen atoms in total. The summed E-state index contributed by atoms with van der Waals surface area (Å²) in [5.74, 6) is 0.